The van der Waals surface area contributed by atoms with E-state index in [-0.39, 0.29) is 11.5 Å². The molecule has 6 heteroatoms. The van der Waals surface area contributed by atoms with Crippen LogP contribution in [0.25, 0.3) is 0 Å². The van der Waals surface area contributed by atoms with Crippen LogP contribution in [0.3, 0.4) is 0 Å². The zero-order valence-corrected chi connectivity index (χ0v) is 18.5. The van der Waals surface area contributed by atoms with Crippen molar-refractivity contribution in [1.82, 2.24) is 15.0 Å². The van der Waals surface area contributed by atoms with Crippen LogP contribution in [0.5, 0.6) is 0 Å². The van der Waals surface area contributed by atoms with Gasteiger partial charge in [-0.1, -0.05) is 42.3 Å². The van der Waals surface area contributed by atoms with Crippen molar-refractivity contribution in [2.45, 2.75) is 96.2 Å². The number of allylic oxidation sites excluding steroid dienone is 1. The summed E-state index contributed by atoms with van der Waals surface area (Å²) in [5.74, 6) is 2.56. The number of hydrogen-bond donors (Lipinski definition) is 1. The molecule has 30 heavy (non-hydrogen) atoms. The number of hydrogen-bond acceptors (Lipinski definition) is 5. The summed E-state index contributed by atoms with van der Waals surface area (Å²) in [6.07, 6.45) is 14.8. The van der Waals surface area contributed by atoms with E-state index in [9.17, 15) is 10.0 Å². The van der Waals surface area contributed by atoms with Gasteiger partial charge in [-0.05, 0) is 81.5 Å². The van der Waals surface area contributed by atoms with Gasteiger partial charge in [0.15, 0.2) is 0 Å². The highest BCUT2D eigenvalue weighted by atomic mass is 16.3. The Labute approximate surface area is 179 Å². The lowest BCUT2D eigenvalue weighted by Crippen LogP contribution is -2.51. The smallest absolute Gasteiger partial charge is 0.116 e. The number of unbranched alkanes of at least 4 members (excludes halogenated alkanes) is 1. The number of nitroso groups, excluding NO2 is 1. The summed E-state index contributed by atoms with van der Waals surface area (Å²) in [4.78, 5) is 11.0. The highest BCUT2D eigenvalue weighted by Crippen LogP contribution is 2.67. The van der Waals surface area contributed by atoms with E-state index >= 15 is 0 Å². The van der Waals surface area contributed by atoms with Gasteiger partial charge in [-0.2, -0.15) is 4.91 Å². The van der Waals surface area contributed by atoms with Crippen LogP contribution in [0.4, 0.5) is 0 Å². The van der Waals surface area contributed by atoms with Crippen molar-refractivity contribution >= 4 is 0 Å². The van der Waals surface area contributed by atoms with E-state index < -0.39 is 5.60 Å². The zero-order chi connectivity index (χ0) is 20.9. The van der Waals surface area contributed by atoms with E-state index in [1.807, 2.05) is 10.9 Å². The largest absolute Gasteiger partial charge is 0.383 e. The number of fused-ring (bicyclic) bond motifs is 5. The SMILES string of the molecule is CCCCn1cc(C2(O)CCC3C4CCC5=CC(N=O)CCC5C4CCC32C)nn1. The molecule has 1 heterocycles. The van der Waals surface area contributed by atoms with Crippen molar-refractivity contribution in [2.75, 3.05) is 0 Å². The molecule has 5 rings (SSSR count). The molecule has 0 bridgehead atoms. The molecule has 3 fully saturated rings. The standard InChI is InChI=1S/C24H36N4O2/c1-3-4-13-28-15-22(25-27-28)24(29)12-10-21-20-7-5-16-14-17(26-30)6-8-18(16)19(20)9-11-23(21,24)2/h14-15,17-21,29H,3-13H2,1-2H3. The average molecular weight is 413 g/mol. The maximum absolute atomic E-state index is 12.0. The molecule has 4 aliphatic rings. The van der Waals surface area contributed by atoms with Gasteiger partial charge < -0.3 is 5.11 Å². The third-order valence-corrected chi connectivity index (χ3v) is 9.42. The summed E-state index contributed by atoms with van der Waals surface area (Å²) in [7, 11) is 0. The highest BCUT2D eigenvalue weighted by molar-refractivity contribution is 5.24. The van der Waals surface area contributed by atoms with Gasteiger partial charge in [0.2, 0.25) is 0 Å². The third-order valence-electron chi connectivity index (χ3n) is 9.42. The van der Waals surface area contributed by atoms with Crippen molar-refractivity contribution in [1.29, 1.82) is 0 Å². The molecule has 1 N–H and O–H groups in total. The molecule has 1 aromatic rings. The van der Waals surface area contributed by atoms with Crippen molar-refractivity contribution < 1.29 is 5.11 Å². The van der Waals surface area contributed by atoms with E-state index in [0.717, 1.165) is 63.6 Å². The number of nitrogens with zero attached hydrogens (tertiary/aromatic N) is 4. The average Bonchev–Trinajstić information content (AvgIpc) is 3.35. The predicted octanol–water partition coefficient (Wildman–Crippen LogP) is 4.97. The second kappa shape index (κ2) is 7.54. The van der Waals surface area contributed by atoms with Crippen LogP contribution in [-0.4, -0.2) is 26.1 Å². The van der Waals surface area contributed by atoms with E-state index in [2.05, 4.69) is 35.4 Å². The topological polar surface area (TPSA) is 80.4 Å². The molecule has 4 aliphatic carbocycles. The lowest BCUT2D eigenvalue weighted by Gasteiger charge is -2.55. The molecule has 0 spiro atoms. The first kappa shape index (κ1) is 20.3. The summed E-state index contributed by atoms with van der Waals surface area (Å²) in [6.45, 7) is 5.38. The minimum Gasteiger partial charge on any atom is -0.383 e. The molecule has 164 valence electrons. The van der Waals surface area contributed by atoms with Crippen LogP contribution >= 0.6 is 0 Å². The first-order valence-electron chi connectivity index (χ1n) is 12.2. The van der Waals surface area contributed by atoms with Gasteiger partial charge in [-0.15, -0.1) is 5.10 Å². The van der Waals surface area contributed by atoms with E-state index in [1.54, 1.807) is 0 Å². The molecule has 3 saturated carbocycles. The first-order valence-corrected chi connectivity index (χ1v) is 12.2. The number of aromatic nitrogens is 3. The van der Waals surface area contributed by atoms with E-state index in [1.165, 1.54) is 18.4 Å². The van der Waals surface area contributed by atoms with Crippen molar-refractivity contribution in [3.8, 4) is 0 Å². The normalized spacial score (nSPS) is 42.8. The second-order valence-electron chi connectivity index (χ2n) is 10.6. The monoisotopic (exact) mass is 412 g/mol. The molecule has 0 aliphatic heterocycles. The number of aliphatic hydroxyl groups is 1. The van der Waals surface area contributed by atoms with Gasteiger partial charge in [-0.3, -0.25) is 4.68 Å². The van der Waals surface area contributed by atoms with Gasteiger partial charge in [0.05, 0.1) is 6.20 Å². The summed E-state index contributed by atoms with van der Waals surface area (Å²) in [6, 6.07) is -0.103. The Kier molecular flexibility index (Phi) is 5.11. The van der Waals surface area contributed by atoms with Crippen LogP contribution in [0, 0.1) is 34.0 Å². The van der Waals surface area contributed by atoms with Crippen molar-refractivity contribution in [3.63, 3.8) is 0 Å². The highest BCUT2D eigenvalue weighted by Gasteiger charge is 2.63. The minimum atomic E-state index is -0.859. The van der Waals surface area contributed by atoms with E-state index in [4.69, 9.17) is 0 Å². The summed E-state index contributed by atoms with van der Waals surface area (Å²) in [5.41, 5.74) is 1.31. The predicted molar refractivity (Wildman–Crippen MR) is 115 cm³/mol. The molecule has 1 aromatic heterocycles. The quantitative estimate of drug-likeness (QED) is 0.547. The molecule has 0 saturated heterocycles. The lowest BCUT2D eigenvalue weighted by molar-refractivity contribution is -0.125. The third kappa shape index (κ3) is 2.93. The summed E-state index contributed by atoms with van der Waals surface area (Å²) < 4.78 is 1.91. The van der Waals surface area contributed by atoms with E-state index in [0.29, 0.717) is 23.7 Å². The van der Waals surface area contributed by atoms with Gasteiger partial charge >= 0.3 is 0 Å². The lowest BCUT2D eigenvalue weighted by atomic mass is 9.50. The zero-order valence-electron chi connectivity index (χ0n) is 18.5. The van der Waals surface area contributed by atoms with Crippen molar-refractivity contribution in [2.24, 2.45) is 34.3 Å². The van der Waals surface area contributed by atoms with Crippen LogP contribution in [0.1, 0.15) is 83.7 Å². The molecule has 7 atom stereocenters. The Morgan fingerprint density at radius 2 is 2.07 bits per heavy atom. The molecule has 6 nitrogen and oxygen atoms in total. The Hall–Kier alpha value is -1.56. The Morgan fingerprint density at radius 3 is 2.87 bits per heavy atom. The van der Waals surface area contributed by atoms with Crippen LogP contribution in [0.2, 0.25) is 0 Å². The minimum absolute atomic E-state index is 0.103. The molecule has 7 unspecified atom stereocenters. The van der Waals surface area contributed by atoms with Gasteiger partial charge in [0, 0.05) is 12.0 Å². The fourth-order valence-corrected chi connectivity index (χ4v) is 7.75. The molecule has 0 amide bonds. The maximum atomic E-state index is 12.0. The van der Waals surface area contributed by atoms with Gasteiger partial charge in [0.25, 0.3) is 0 Å². The van der Waals surface area contributed by atoms with Gasteiger partial charge in [-0.25, -0.2) is 0 Å². The maximum Gasteiger partial charge on any atom is 0.116 e. The Bertz CT molecular complexity index is 835. The molecular weight excluding hydrogens is 376 g/mol. The van der Waals surface area contributed by atoms with Crippen LogP contribution in [-0.2, 0) is 12.1 Å². The van der Waals surface area contributed by atoms with Gasteiger partial charge in [0.1, 0.15) is 17.3 Å². The summed E-state index contributed by atoms with van der Waals surface area (Å²) in [5, 5.41) is 24.1. The second-order valence-corrected chi connectivity index (χ2v) is 10.6. The molecule has 0 radical (unpaired) electrons. The van der Waals surface area contributed by atoms with Crippen LogP contribution in [0.15, 0.2) is 23.0 Å². The molecular formula is C24H36N4O2. The first-order chi connectivity index (χ1) is 14.5. The Morgan fingerprint density at radius 1 is 1.20 bits per heavy atom. The fourth-order valence-electron chi connectivity index (χ4n) is 7.75. The van der Waals surface area contributed by atoms with Crippen molar-refractivity contribution in [3.05, 3.63) is 28.4 Å². The molecule has 0 aromatic carbocycles. The van der Waals surface area contributed by atoms with Crippen LogP contribution < -0.4 is 0 Å². The number of rotatable bonds is 5. The Balaban J connectivity index is 1.39. The fraction of sp³-hybridized carbons (Fsp3) is 0.833. The summed E-state index contributed by atoms with van der Waals surface area (Å²) >= 11 is 0. The number of aryl methyl sites for hydroxylation is 1.